The van der Waals surface area contributed by atoms with Crippen molar-refractivity contribution in [3.8, 4) is 11.6 Å². The Kier molecular flexibility index (Phi) is 9.84. The molecule has 2 aromatic heterocycles. The highest BCUT2D eigenvalue weighted by atomic mass is 16.5. The van der Waals surface area contributed by atoms with E-state index in [4.69, 9.17) is 17.5 Å². The molecule has 1 amide bonds. The summed E-state index contributed by atoms with van der Waals surface area (Å²) in [5.74, 6) is 1.04. The molecular formula is C35H36BN5O4. The van der Waals surface area contributed by atoms with Crippen molar-refractivity contribution >= 4 is 36.2 Å². The summed E-state index contributed by atoms with van der Waals surface area (Å²) in [4.78, 5) is 33.4. The number of anilines is 2. The van der Waals surface area contributed by atoms with Crippen LogP contribution in [-0.2, 0) is 11.3 Å². The average Bonchev–Trinajstić information content (AvgIpc) is 3.02. The van der Waals surface area contributed by atoms with Gasteiger partial charge in [0.15, 0.2) is 7.98 Å². The molecule has 0 fully saturated rings. The molecule has 5 rings (SSSR count). The fraction of sp³-hybridized carbons (Fsp3) is 0.229. The molecule has 0 aliphatic heterocycles. The van der Waals surface area contributed by atoms with Crippen molar-refractivity contribution < 1.29 is 14.3 Å². The largest absolute Gasteiger partial charge is 0.449 e. The Morgan fingerprint density at radius 1 is 1.02 bits per heavy atom. The first-order valence-electron chi connectivity index (χ1n) is 14.8. The molecule has 5 aromatic rings. The first-order chi connectivity index (χ1) is 21.7. The Labute approximate surface area is 264 Å². The first-order valence-corrected chi connectivity index (χ1v) is 14.8. The zero-order chi connectivity index (χ0) is 31.9. The average molecular weight is 602 g/mol. The van der Waals surface area contributed by atoms with Gasteiger partial charge in [-0.15, -0.1) is 0 Å². The van der Waals surface area contributed by atoms with Gasteiger partial charge in [-0.2, -0.15) is 0 Å². The third-order valence-corrected chi connectivity index (χ3v) is 7.53. The van der Waals surface area contributed by atoms with Gasteiger partial charge in [-0.1, -0.05) is 37.3 Å². The minimum Gasteiger partial charge on any atom is -0.449 e. The second kappa shape index (κ2) is 14.1. The molecule has 10 heteroatoms. The van der Waals surface area contributed by atoms with E-state index in [-0.39, 0.29) is 24.1 Å². The van der Waals surface area contributed by atoms with Crippen LogP contribution < -0.4 is 20.9 Å². The summed E-state index contributed by atoms with van der Waals surface area (Å²) in [6, 6.07) is 24.7. The number of nitrogens with zero attached hydrogens (tertiary/aromatic N) is 2. The molecule has 0 spiro atoms. The van der Waals surface area contributed by atoms with Gasteiger partial charge in [0.2, 0.25) is 5.88 Å². The van der Waals surface area contributed by atoms with Gasteiger partial charge in [0.25, 0.3) is 5.56 Å². The van der Waals surface area contributed by atoms with Crippen LogP contribution in [-0.4, -0.2) is 42.5 Å². The van der Waals surface area contributed by atoms with Gasteiger partial charge in [0, 0.05) is 59.3 Å². The molecule has 0 saturated carbocycles. The van der Waals surface area contributed by atoms with Crippen LogP contribution in [0.3, 0.4) is 0 Å². The highest BCUT2D eigenvalue weighted by Gasteiger charge is 2.16. The number of hydrogen-bond acceptors (Lipinski definition) is 7. The van der Waals surface area contributed by atoms with E-state index in [0.717, 1.165) is 33.3 Å². The monoisotopic (exact) mass is 601 g/mol. The zero-order valence-electron chi connectivity index (χ0n) is 25.8. The zero-order valence-corrected chi connectivity index (χ0v) is 25.8. The van der Waals surface area contributed by atoms with Gasteiger partial charge in [-0.05, 0) is 85.4 Å². The van der Waals surface area contributed by atoms with Crippen LogP contribution >= 0.6 is 0 Å². The van der Waals surface area contributed by atoms with E-state index >= 15 is 0 Å². The predicted molar refractivity (Wildman–Crippen MR) is 179 cm³/mol. The highest BCUT2D eigenvalue weighted by molar-refractivity contribution is 6.04. The third-order valence-electron chi connectivity index (χ3n) is 7.53. The topological polar surface area (TPSA) is 109 Å². The minimum absolute atomic E-state index is 0.0139. The Morgan fingerprint density at radius 3 is 2.60 bits per heavy atom. The van der Waals surface area contributed by atoms with Crippen molar-refractivity contribution in [1.29, 1.82) is 0 Å². The van der Waals surface area contributed by atoms with Crippen LogP contribution in [0, 0.1) is 6.92 Å². The number of aromatic amines is 1. The molecule has 9 nitrogen and oxygen atoms in total. The normalized spacial score (nSPS) is 12.5. The Bertz CT molecular complexity index is 1840. The van der Waals surface area contributed by atoms with Crippen molar-refractivity contribution in [2.75, 3.05) is 24.3 Å². The number of rotatable bonds is 11. The van der Waals surface area contributed by atoms with Crippen LogP contribution in [0.2, 0.25) is 0 Å². The molecule has 2 radical (unpaired) electrons. The number of amides is 1. The smallest absolute Gasteiger partial charge is 0.411 e. The number of benzene rings is 3. The molecule has 228 valence electrons. The van der Waals surface area contributed by atoms with E-state index in [9.17, 15) is 9.59 Å². The molecule has 1 unspecified atom stereocenters. The summed E-state index contributed by atoms with van der Waals surface area (Å²) < 4.78 is 11.5. The molecule has 0 saturated heterocycles. The summed E-state index contributed by atoms with van der Waals surface area (Å²) in [7, 11) is 7.66. The Balaban J connectivity index is 1.18. The predicted octanol–water partition coefficient (Wildman–Crippen LogP) is 7.06. The Hall–Kier alpha value is -5.09. The number of ether oxygens (including phenoxy) is 2. The van der Waals surface area contributed by atoms with Gasteiger partial charge in [0.1, 0.15) is 5.75 Å². The maximum Gasteiger partial charge on any atom is 0.411 e. The molecule has 2 atom stereocenters. The van der Waals surface area contributed by atoms with Crippen LogP contribution in [0.25, 0.3) is 10.8 Å². The molecule has 0 bridgehead atoms. The fourth-order valence-corrected chi connectivity index (χ4v) is 5.24. The first kappa shape index (κ1) is 31.3. The standard InChI is InChI=1S/C35H36BN5O4/c1-22-17-26(24(3)39-29-10-8-25-14-16-38-34(42)31(25)19-29)9-12-30(22)23(2)21-44-35(43)40-28-11-13-32(27(18-28)20-41(4)36)45-33-7-5-6-15-37-33/h5-19,23-24,39H,20-21H2,1-4H3,(H,38,42)(H,40,43)/t23-,24?/m0/s1. The molecular weight excluding hydrogens is 565 g/mol. The summed E-state index contributed by atoms with van der Waals surface area (Å²) >= 11 is 0. The maximum absolute atomic E-state index is 12.7. The summed E-state index contributed by atoms with van der Waals surface area (Å²) in [5.41, 5.74) is 5.42. The number of H-pyrrole nitrogens is 1. The van der Waals surface area contributed by atoms with Crippen molar-refractivity contribution in [2.45, 2.75) is 39.3 Å². The molecule has 0 aliphatic carbocycles. The van der Waals surface area contributed by atoms with Crippen molar-refractivity contribution in [2.24, 2.45) is 0 Å². The van der Waals surface area contributed by atoms with Gasteiger partial charge in [0.05, 0.1) is 6.61 Å². The van der Waals surface area contributed by atoms with Crippen molar-refractivity contribution in [1.82, 2.24) is 14.8 Å². The molecule has 3 aromatic carbocycles. The number of pyridine rings is 2. The van der Waals surface area contributed by atoms with Crippen LogP contribution in [0.4, 0.5) is 16.2 Å². The van der Waals surface area contributed by atoms with E-state index in [1.807, 2.05) is 43.3 Å². The van der Waals surface area contributed by atoms with Crippen molar-refractivity contribution in [3.05, 3.63) is 124 Å². The lowest BCUT2D eigenvalue weighted by Crippen LogP contribution is -2.18. The van der Waals surface area contributed by atoms with Gasteiger partial charge >= 0.3 is 6.09 Å². The molecule has 2 heterocycles. The number of hydrogen-bond donors (Lipinski definition) is 3. The van der Waals surface area contributed by atoms with Crippen molar-refractivity contribution in [3.63, 3.8) is 0 Å². The third kappa shape index (κ3) is 8.10. The lowest BCUT2D eigenvalue weighted by molar-refractivity contribution is 0.155. The number of aryl methyl sites for hydroxylation is 1. The number of carbonyl (C=O) groups is 1. The van der Waals surface area contributed by atoms with Crippen LogP contribution in [0.5, 0.6) is 11.6 Å². The molecule has 45 heavy (non-hydrogen) atoms. The summed E-state index contributed by atoms with van der Waals surface area (Å²) in [5, 5.41) is 7.85. The van der Waals surface area contributed by atoms with Gasteiger partial charge < -0.3 is 24.6 Å². The van der Waals surface area contributed by atoms with E-state index in [1.165, 1.54) is 4.81 Å². The van der Waals surface area contributed by atoms with E-state index < -0.39 is 6.09 Å². The lowest BCUT2D eigenvalue weighted by Gasteiger charge is -2.20. The van der Waals surface area contributed by atoms with E-state index in [1.54, 1.807) is 43.7 Å². The maximum atomic E-state index is 12.7. The van der Waals surface area contributed by atoms with E-state index in [0.29, 0.717) is 29.2 Å². The summed E-state index contributed by atoms with van der Waals surface area (Å²) in [6.07, 6.45) is 2.76. The van der Waals surface area contributed by atoms with E-state index in [2.05, 4.69) is 52.6 Å². The summed E-state index contributed by atoms with van der Waals surface area (Å²) in [6.45, 7) is 6.78. The number of fused-ring (bicyclic) bond motifs is 1. The number of nitrogens with one attached hydrogen (secondary N) is 3. The number of carbonyl (C=O) groups excluding carboxylic acids is 1. The Morgan fingerprint density at radius 2 is 1.84 bits per heavy atom. The van der Waals surface area contributed by atoms with Gasteiger partial charge in [-0.3, -0.25) is 10.1 Å². The van der Waals surface area contributed by atoms with Gasteiger partial charge in [-0.25, -0.2) is 9.78 Å². The lowest BCUT2D eigenvalue weighted by atomic mass is 9.93. The second-order valence-electron chi connectivity index (χ2n) is 11.2. The number of aromatic nitrogens is 2. The minimum atomic E-state index is -0.548. The molecule has 0 aliphatic rings. The SMILES string of the molecule is [B]N(C)Cc1cc(NC(=O)OC[C@H](C)c2ccc(C(C)Nc3ccc4cc[nH]c(=O)c4c3)cc2C)ccc1Oc1ccccn1. The van der Waals surface area contributed by atoms with Crippen LogP contribution in [0.15, 0.2) is 96.1 Å². The quantitative estimate of drug-likeness (QED) is 0.139. The fourth-order valence-electron chi connectivity index (χ4n) is 5.24. The second-order valence-corrected chi connectivity index (χ2v) is 11.2. The molecule has 3 N–H and O–H groups in total. The highest BCUT2D eigenvalue weighted by Crippen LogP contribution is 2.29. The van der Waals surface area contributed by atoms with Crippen LogP contribution in [0.1, 0.15) is 48.1 Å².